The van der Waals surface area contributed by atoms with Crippen LogP contribution >= 0.6 is 11.6 Å². The quantitative estimate of drug-likeness (QED) is 0.920. The molecule has 2 rings (SSSR count). The second-order valence-corrected chi connectivity index (χ2v) is 4.55. The van der Waals surface area contributed by atoms with Crippen LogP contribution in [0.15, 0.2) is 23.3 Å². The van der Waals surface area contributed by atoms with Crippen molar-refractivity contribution in [2.75, 3.05) is 0 Å². The van der Waals surface area contributed by atoms with Gasteiger partial charge < -0.3 is 9.67 Å². The van der Waals surface area contributed by atoms with Crippen molar-refractivity contribution in [2.24, 2.45) is 7.05 Å². The van der Waals surface area contributed by atoms with Gasteiger partial charge in [-0.15, -0.1) is 0 Å². The maximum absolute atomic E-state index is 11.4. The summed E-state index contributed by atoms with van der Waals surface area (Å²) < 4.78 is 3.23. The van der Waals surface area contributed by atoms with Gasteiger partial charge in [-0.05, 0) is 6.92 Å². The number of carbonyl (C=O) groups is 1. The van der Waals surface area contributed by atoms with Gasteiger partial charge in [0.05, 0.1) is 23.0 Å². The highest BCUT2D eigenvalue weighted by Gasteiger charge is 2.13. The Bertz CT molecular complexity index is 703. The van der Waals surface area contributed by atoms with Crippen LogP contribution in [0.5, 0.6) is 0 Å². The van der Waals surface area contributed by atoms with Crippen LogP contribution in [0.25, 0.3) is 0 Å². The Morgan fingerprint density at radius 3 is 2.74 bits per heavy atom. The van der Waals surface area contributed by atoms with E-state index in [4.69, 9.17) is 16.7 Å². The summed E-state index contributed by atoms with van der Waals surface area (Å²) >= 11 is 6.12. The molecule has 0 amide bonds. The van der Waals surface area contributed by atoms with E-state index in [2.05, 4.69) is 5.10 Å². The van der Waals surface area contributed by atoms with Gasteiger partial charge in [-0.25, -0.2) is 4.79 Å². The van der Waals surface area contributed by atoms with Gasteiger partial charge in [0, 0.05) is 25.5 Å². The van der Waals surface area contributed by atoms with Gasteiger partial charge >= 0.3 is 5.97 Å². The number of nitrogens with zero attached hydrogens (tertiary/aromatic N) is 3. The van der Waals surface area contributed by atoms with Crippen LogP contribution in [-0.4, -0.2) is 25.4 Å². The molecule has 6 nitrogen and oxygen atoms in total. The lowest BCUT2D eigenvalue weighted by atomic mass is 10.2. The Morgan fingerprint density at radius 1 is 1.53 bits per heavy atom. The van der Waals surface area contributed by atoms with E-state index >= 15 is 0 Å². The maximum Gasteiger partial charge on any atom is 0.341 e. The fourth-order valence-corrected chi connectivity index (χ4v) is 2.03. The number of aromatic carboxylic acids is 1. The normalized spacial score (nSPS) is 10.7. The smallest absolute Gasteiger partial charge is 0.341 e. The third kappa shape index (κ3) is 2.53. The lowest BCUT2D eigenvalue weighted by Gasteiger charge is -2.08. The summed E-state index contributed by atoms with van der Waals surface area (Å²) in [6, 6.07) is 1.22. The number of hydrogen-bond acceptors (Lipinski definition) is 3. The molecule has 19 heavy (non-hydrogen) atoms. The van der Waals surface area contributed by atoms with E-state index in [0.717, 1.165) is 5.69 Å². The Hall–Kier alpha value is -2.08. The first kappa shape index (κ1) is 13.4. The third-order valence-corrected chi connectivity index (χ3v) is 3.29. The molecular formula is C12H12ClN3O3. The zero-order valence-electron chi connectivity index (χ0n) is 10.4. The third-order valence-electron chi connectivity index (χ3n) is 2.80. The largest absolute Gasteiger partial charge is 0.477 e. The fraction of sp³-hybridized carbons (Fsp3) is 0.250. The van der Waals surface area contributed by atoms with Gasteiger partial charge in [0.2, 0.25) is 0 Å². The molecule has 0 fully saturated rings. The van der Waals surface area contributed by atoms with Gasteiger partial charge in [-0.3, -0.25) is 9.48 Å². The Balaban J connectivity index is 2.42. The van der Waals surface area contributed by atoms with Crippen molar-refractivity contribution in [3.8, 4) is 0 Å². The van der Waals surface area contributed by atoms with E-state index in [1.54, 1.807) is 23.2 Å². The summed E-state index contributed by atoms with van der Waals surface area (Å²) in [5, 5.41) is 13.6. The van der Waals surface area contributed by atoms with Crippen LogP contribution in [0, 0.1) is 6.92 Å². The maximum atomic E-state index is 11.4. The highest BCUT2D eigenvalue weighted by Crippen LogP contribution is 2.20. The number of carboxylic acids is 1. The predicted molar refractivity (Wildman–Crippen MR) is 69.7 cm³/mol. The molecule has 0 bridgehead atoms. The molecular weight excluding hydrogens is 270 g/mol. The first-order valence-electron chi connectivity index (χ1n) is 5.51. The van der Waals surface area contributed by atoms with Crippen LogP contribution in [0.1, 0.15) is 21.7 Å². The molecule has 7 heteroatoms. The highest BCUT2D eigenvalue weighted by atomic mass is 35.5. The van der Waals surface area contributed by atoms with Gasteiger partial charge in [-0.1, -0.05) is 11.6 Å². The zero-order valence-corrected chi connectivity index (χ0v) is 11.2. The molecule has 0 spiro atoms. The van der Waals surface area contributed by atoms with Crippen LogP contribution in [0.3, 0.4) is 0 Å². The number of pyridine rings is 1. The average Bonchev–Trinajstić information content (AvgIpc) is 2.58. The van der Waals surface area contributed by atoms with E-state index in [0.29, 0.717) is 17.3 Å². The van der Waals surface area contributed by atoms with E-state index in [1.807, 2.05) is 0 Å². The minimum Gasteiger partial charge on any atom is -0.477 e. The fourth-order valence-electron chi connectivity index (χ4n) is 1.81. The Morgan fingerprint density at radius 2 is 2.21 bits per heavy atom. The van der Waals surface area contributed by atoms with Crippen LogP contribution < -0.4 is 5.43 Å². The second kappa shape index (κ2) is 4.89. The number of aryl methyl sites for hydroxylation is 2. The van der Waals surface area contributed by atoms with Crippen LogP contribution in [0.2, 0.25) is 5.02 Å². The van der Waals surface area contributed by atoms with E-state index in [1.165, 1.54) is 18.5 Å². The molecule has 0 saturated heterocycles. The van der Waals surface area contributed by atoms with Crippen molar-refractivity contribution < 1.29 is 9.90 Å². The molecule has 0 radical (unpaired) electrons. The van der Waals surface area contributed by atoms with Gasteiger partial charge in [0.1, 0.15) is 5.56 Å². The number of hydrogen-bond donors (Lipinski definition) is 1. The van der Waals surface area contributed by atoms with Crippen molar-refractivity contribution in [3.63, 3.8) is 0 Å². The average molecular weight is 282 g/mol. The predicted octanol–water partition coefficient (Wildman–Crippen LogP) is 1.29. The molecule has 0 unspecified atom stereocenters. The highest BCUT2D eigenvalue weighted by molar-refractivity contribution is 6.31. The number of aromatic nitrogens is 3. The molecule has 2 aromatic heterocycles. The van der Waals surface area contributed by atoms with Crippen LogP contribution in [0.4, 0.5) is 0 Å². The first-order valence-corrected chi connectivity index (χ1v) is 5.89. The SMILES string of the molecule is Cc1nn(C)c(Cn2ccc(=O)c(C(=O)O)c2)c1Cl. The minimum absolute atomic E-state index is 0.266. The lowest BCUT2D eigenvalue weighted by Crippen LogP contribution is -2.17. The van der Waals surface area contributed by atoms with Gasteiger partial charge in [-0.2, -0.15) is 5.10 Å². The molecule has 0 aliphatic rings. The van der Waals surface area contributed by atoms with Crippen molar-refractivity contribution in [2.45, 2.75) is 13.5 Å². The Kier molecular flexibility index (Phi) is 3.44. The first-order chi connectivity index (χ1) is 8.90. The molecule has 0 aromatic carbocycles. The van der Waals surface area contributed by atoms with Crippen molar-refractivity contribution in [1.82, 2.24) is 14.3 Å². The molecule has 0 aliphatic heterocycles. The van der Waals surface area contributed by atoms with Crippen molar-refractivity contribution >= 4 is 17.6 Å². The molecule has 0 saturated carbocycles. The number of carboxylic acid groups (broad SMARTS) is 1. The summed E-state index contributed by atoms with van der Waals surface area (Å²) in [4.78, 5) is 22.3. The molecule has 0 aliphatic carbocycles. The Labute approximate surface area is 113 Å². The van der Waals surface area contributed by atoms with Crippen molar-refractivity contribution in [3.05, 3.63) is 50.7 Å². The zero-order chi connectivity index (χ0) is 14.2. The lowest BCUT2D eigenvalue weighted by molar-refractivity contribution is 0.0694. The van der Waals surface area contributed by atoms with Gasteiger partial charge in [0.25, 0.3) is 0 Å². The molecule has 2 heterocycles. The summed E-state index contributed by atoms with van der Waals surface area (Å²) in [7, 11) is 1.76. The number of halogens is 1. The van der Waals surface area contributed by atoms with Crippen molar-refractivity contribution in [1.29, 1.82) is 0 Å². The monoisotopic (exact) mass is 281 g/mol. The van der Waals surface area contributed by atoms with Crippen LogP contribution in [-0.2, 0) is 13.6 Å². The minimum atomic E-state index is -1.24. The van der Waals surface area contributed by atoms with E-state index in [9.17, 15) is 9.59 Å². The molecule has 2 aromatic rings. The summed E-state index contributed by atoms with van der Waals surface area (Å²) in [6.45, 7) is 2.14. The number of rotatable bonds is 3. The second-order valence-electron chi connectivity index (χ2n) is 4.17. The van der Waals surface area contributed by atoms with E-state index < -0.39 is 11.4 Å². The molecule has 0 atom stereocenters. The molecule has 100 valence electrons. The summed E-state index contributed by atoms with van der Waals surface area (Å²) in [6.07, 6.45) is 2.82. The standard InChI is InChI=1S/C12H12ClN3O3/c1-7-11(13)9(15(2)14-7)6-16-4-3-10(17)8(5-16)12(18)19/h3-5H,6H2,1-2H3,(H,18,19). The topological polar surface area (TPSA) is 77.1 Å². The van der Waals surface area contributed by atoms with E-state index in [-0.39, 0.29) is 5.56 Å². The summed E-state index contributed by atoms with van der Waals surface area (Å²) in [5.41, 5.74) is 0.673. The summed E-state index contributed by atoms with van der Waals surface area (Å²) in [5.74, 6) is -1.24. The molecule has 1 N–H and O–H groups in total. The van der Waals surface area contributed by atoms with Gasteiger partial charge in [0.15, 0.2) is 5.43 Å².